The molecule has 0 saturated carbocycles. The molecule has 2 nitrogen and oxygen atoms in total. The van der Waals surface area contributed by atoms with E-state index in [0.717, 1.165) is 5.82 Å². The maximum absolute atomic E-state index is 3.99. The molecule has 1 N–H and O–H groups in total. The van der Waals surface area contributed by atoms with E-state index in [1.807, 2.05) is 27.8 Å². The zero-order valence-corrected chi connectivity index (χ0v) is 7.89. The van der Waals surface area contributed by atoms with Crippen LogP contribution >= 0.6 is 0 Å². The van der Waals surface area contributed by atoms with E-state index in [1.54, 1.807) is 18.4 Å². The fourth-order valence-corrected chi connectivity index (χ4v) is 0.442. The topological polar surface area (TPSA) is 24.4 Å². The van der Waals surface area contributed by atoms with Gasteiger partial charge in [0.1, 0.15) is 5.82 Å². The summed E-state index contributed by atoms with van der Waals surface area (Å²) in [6.07, 6.45) is 5.23. The van der Waals surface area contributed by atoms with Crippen LogP contribution in [0.2, 0.25) is 0 Å². The summed E-state index contributed by atoms with van der Waals surface area (Å²) in [6.45, 7) is 9.41. The normalized spacial score (nSPS) is 10.4. The van der Waals surface area contributed by atoms with Gasteiger partial charge in [0.05, 0.1) is 0 Å². The number of aliphatic imine (C=N–C) groups is 1. The van der Waals surface area contributed by atoms with Crippen molar-refractivity contribution in [2.75, 3.05) is 7.05 Å². The van der Waals surface area contributed by atoms with Crippen LogP contribution in [-0.4, -0.2) is 13.3 Å². The Bertz CT molecular complexity index is 134. The van der Waals surface area contributed by atoms with Gasteiger partial charge in [0.25, 0.3) is 0 Å². The highest BCUT2D eigenvalue weighted by molar-refractivity contribution is 5.55. The smallest absolute Gasteiger partial charge is 0.125 e. The molecule has 0 fully saturated rings. The second kappa shape index (κ2) is 11.7. The first-order chi connectivity index (χ1) is 5.35. The predicted octanol–water partition coefficient (Wildman–Crippen LogP) is 2.35. The molecule has 0 unspecified atom stereocenters. The SMILES string of the molecule is C=C/C=C(\N=C/C)NC.CC. The number of hydrogen-bond acceptors (Lipinski definition) is 2. The van der Waals surface area contributed by atoms with Crippen molar-refractivity contribution in [3.8, 4) is 0 Å². The molecule has 0 radical (unpaired) electrons. The molecule has 0 bridgehead atoms. The molecular formula is C9H18N2. The van der Waals surface area contributed by atoms with Crippen LogP contribution in [-0.2, 0) is 0 Å². The quantitative estimate of drug-likeness (QED) is 0.489. The molecule has 0 atom stereocenters. The van der Waals surface area contributed by atoms with Gasteiger partial charge < -0.3 is 5.32 Å². The number of nitrogens with zero attached hydrogens (tertiary/aromatic N) is 1. The van der Waals surface area contributed by atoms with Gasteiger partial charge in [0.2, 0.25) is 0 Å². The standard InChI is InChI=1S/C7H12N2.C2H6/c1-4-6-7(8-3)9-5-2;1-2/h4-6,8H,1H2,2-3H3;1-2H3/b7-6-,9-5-;. The molecule has 2 heteroatoms. The maximum atomic E-state index is 3.99. The average Bonchev–Trinajstić information content (AvgIpc) is 2.08. The van der Waals surface area contributed by atoms with Gasteiger partial charge in [-0.1, -0.05) is 26.5 Å². The Hall–Kier alpha value is -1.05. The Kier molecular flexibility index (Phi) is 13.4. The lowest BCUT2D eigenvalue weighted by Crippen LogP contribution is -2.02. The van der Waals surface area contributed by atoms with Gasteiger partial charge in [-0.2, -0.15) is 0 Å². The third-order valence-corrected chi connectivity index (χ3v) is 0.800. The minimum Gasteiger partial charge on any atom is -0.373 e. The van der Waals surface area contributed by atoms with Gasteiger partial charge in [-0.25, -0.2) is 4.99 Å². The first-order valence-corrected chi connectivity index (χ1v) is 3.84. The molecule has 64 valence electrons. The molecule has 0 saturated heterocycles. The predicted molar refractivity (Wildman–Crippen MR) is 52.9 cm³/mol. The molecule has 0 rings (SSSR count). The van der Waals surface area contributed by atoms with Gasteiger partial charge in [-0.3, -0.25) is 0 Å². The van der Waals surface area contributed by atoms with Crippen LogP contribution in [0, 0.1) is 0 Å². The van der Waals surface area contributed by atoms with E-state index >= 15 is 0 Å². The summed E-state index contributed by atoms with van der Waals surface area (Å²) in [4.78, 5) is 3.99. The third kappa shape index (κ3) is 8.95. The molecule has 0 amide bonds. The van der Waals surface area contributed by atoms with Crippen molar-refractivity contribution >= 4 is 6.21 Å². The first-order valence-electron chi connectivity index (χ1n) is 3.84. The zero-order chi connectivity index (χ0) is 9.11. The Balaban J connectivity index is 0. The minimum absolute atomic E-state index is 0.826. The van der Waals surface area contributed by atoms with E-state index in [-0.39, 0.29) is 0 Å². The van der Waals surface area contributed by atoms with Gasteiger partial charge >= 0.3 is 0 Å². The van der Waals surface area contributed by atoms with Crippen molar-refractivity contribution in [3.63, 3.8) is 0 Å². The molecule has 0 aliphatic rings. The third-order valence-electron chi connectivity index (χ3n) is 0.800. The van der Waals surface area contributed by atoms with Crippen molar-refractivity contribution in [1.29, 1.82) is 0 Å². The van der Waals surface area contributed by atoms with Crippen molar-refractivity contribution in [3.05, 3.63) is 24.6 Å². The highest BCUT2D eigenvalue weighted by Crippen LogP contribution is 1.87. The van der Waals surface area contributed by atoms with E-state index in [4.69, 9.17) is 0 Å². The lowest BCUT2D eigenvalue weighted by atomic mass is 10.5. The van der Waals surface area contributed by atoms with E-state index in [9.17, 15) is 0 Å². The highest BCUT2D eigenvalue weighted by Gasteiger charge is 1.79. The molecule has 0 aromatic carbocycles. The molecule has 0 aliphatic carbocycles. The Morgan fingerprint density at radius 3 is 2.27 bits per heavy atom. The Morgan fingerprint density at radius 2 is 2.00 bits per heavy atom. The van der Waals surface area contributed by atoms with Crippen molar-refractivity contribution in [2.45, 2.75) is 20.8 Å². The van der Waals surface area contributed by atoms with Crippen LogP contribution in [0.1, 0.15) is 20.8 Å². The highest BCUT2D eigenvalue weighted by atomic mass is 15.0. The van der Waals surface area contributed by atoms with Crippen molar-refractivity contribution in [1.82, 2.24) is 5.32 Å². The first kappa shape index (κ1) is 12.6. The molecule has 11 heavy (non-hydrogen) atoms. The molecule has 0 aliphatic heterocycles. The summed E-state index contributed by atoms with van der Waals surface area (Å²) in [5.74, 6) is 0.826. The molecule has 0 heterocycles. The van der Waals surface area contributed by atoms with Crippen LogP contribution in [0.3, 0.4) is 0 Å². The molecular weight excluding hydrogens is 136 g/mol. The Morgan fingerprint density at radius 1 is 1.45 bits per heavy atom. The van der Waals surface area contributed by atoms with E-state index in [0.29, 0.717) is 0 Å². The second-order valence-electron chi connectivity index (χ2n) is 1.42. The summed E-state index contributed by atoms with van der Waals surface area (Å²) >= 11 is 0. The number of hydrogen-bond donors (Lipinski definition) is 1. The fraction of sp³-hybridized carbons (Fsp3) is 0.444. The molecule has 0 spiro atoms. The fourth-order valence-electron chi connectivity index (χ4n) is 0.442. The summed E-state index contributed by atoms with van der Waals surface area (Å²) in [6, 6.07) is 0. The zero-order valence-electron chi connectivity index (χ0n) is 7.89. The van der Waals surface area contributed by atoms with Crippen LogP contribution in [0.5, 0.6) is 0 Å². The monoisotopic (exact) mass is 154 g/mol. The van der Waals surface area contributed by atoms with Gasteiger partial charge in [0, 0.05) is 13.3 Å². The van der Waals surface area contributed by atoms with Crippen LogP contribution in [0.4, 0.5) is 0 Å². The maximum Gasteiger partial charge on any atom is 0.125 e. The average molecular weight is 154 g/mol. The van der Waals surface area contributed by atoms with E-state index in [1.165, 1.54) is 0 Å². The van der Waals surface area contributed by atoms with Crippen molar-refractivity contribution in [2.24, 2.45) is 4.99 Å². The molecule has 0 aromatic heterocycles. The lowest BCUT2D eigenvalue weighted by Gasteiger charge is -1.94. The van der Waals surface area contributed by atoms with Gasteiger partial charge in [-0.15, -0.1) is 0 Å². The van der Waals surface area contributed by atoms with Crippen LogP contribution < -0.4 is 5.32 Å². The van der Waals surface area contributed by atoms with Crippen LogP contribution in [0.15, 0.2) is 29.5 Å². The van der Waals surface area contributed by atoms with E-state index in [2.05, 4.69) is 16.9 Å². The summed E-state index contributed by atoms with van der Waals surface area (Å²) in [7, 11) is 1.82. The van der Waals surface area contributed by atoms with Gasteiger partial charge in [0.15, 0.2) is 0 Å². The second-order valence-corrected chi connectivity index (χ2v) is 1.42. The lowest BCUT2D eigenvalue weighted by molar-refractivity contribution is 0.968. The summed E-state index contributed by atoms with van der Waals surface area (Å²) in [5, 5.41) is 2.90. The summed E-state index contributed by atoms with van der Waals surface area (Å²) in [5.41, 5.74) is 0. The number of nitrogens with one attached hydrogen (secondary N) is 1. The van der Waals surface area contributed by atoms with Crippen LogP contribution in [0.25, 0.3) is 0 Å². The number of rotatable bonds is 3. The van der Waals surface area contributed by atoms with Crippen molar-refractivity contribution < 1.29 is 0 Å². The largest absolute Gasteiger partial charge is 0.373 e. The summed E-state index contributed by atoms with van der Waals surface area (Å²) < 4.78 is 0. The minimum atomic E-state index is 0.826. The molecule has 0 aromatic rings. The van der Waals surface area contributed by atoms with E-state index < -0.39 is 0 Å². The Labute approximate surface area is 69.7 Å². The van der Waals surface area contributed by atoms with Gasteiger partial charge in [-0.05, 0) is 13.0 Å². The number of allylic oxidation sites excluding steroid dienone is 2.